The van der Waals surface area contributed by atoms with Gasteiger partial charge in [0.15, 0.2) is 5.16 Å². The lowest BCUT2D eigenvalue weighted by Gasteiger charge is -2.13. The Labute approximate surface area is 163 Å². The largest absolute Gasteiger partial charge is 0.378 e. The van der Waals surface area contributed by atoms with Crippen LogP contribution in [-0.4, -0.2) is 40.5 Å². The molecule has 0 aliphatic rings. The predicted molar refractivity (Wildman–Crippen MR) is 109 cm³/mol. The lowest BCUT2D eigenvalue weighted by atomic mass is 10.2. The van der Waals surface area contributed by atoms with Crippen molar-refractivity contribution in [3.05, 3.63) is 66.0 Å². The molecular formula is C20H23N5OS. The second-order valence-electron chi connectivity index (χ2n) is 6.40. The molecule has 1 N–H and O–H groups in total. The number of aromatic nitrogens is 3. The zero-order chi connectivity index (χ0) is 19.2. The molecule has 0 aliphatic heterocycles. The SMILES string of the molecule is Cc1ccccc1-n1cnnc1SCC(=O)NCc1ccc(N(C)C)cc1. The quantitative estimate of drug-likeness (QED) is 0.638. The normalized spacial score (nSPS) is 10.6. The van der Waals surface area contributed by atoms with Gasteiger partial charge in [-0.15, -0.1) is 10.2 Å². The minimum atomic E-state index is -0.0315. The number of rotatable bonds is 7. The first kappa shape index (κ1) is 19.0. The number of aryl methyl sites for hydroxylation is 1. The Balaban J connectivity index is 1.54. The Morgan fingerprint density at radius 2 is 1.89 bits per heavy atom. The monoisotopic (exact) mass is 381 g/mol. The van der Waals surface area contributed by atoms with Crippen molar-refractivity contribution in [2.45, 2.75) is 18.6 Å². The molecule has 0 saturated heterocycles. The summed E-state index contributed by atoms with van der Waals surface area (Å²) in [6.07, 6.45) is 1.68. The highest BCUT2D eigenvalue weighted by atomic mass is 32.2. The summed E-state index contributed by atoms with van der Waals surface area (Å²) in [6.45, 7) is 2.55. The number of anilines is 1. The summed E-state index contributed by atoms with van der Waals surface area (Å²) in [5, 5.41) is 11.8. The van der Waals surface area contributed by atoms with Crippen LogP contribution >= 0.6 is 11.8 Å². The van der Waals surface area contributed by atoms with Gasteiger partial charge in [-0.3, -0.25) is 9.36 Å². The van der Waals surface area contributed by atoms with Gasteiger partial charge in [0.25, 0.3) is 0 Å². The first-order valence-corrected chi connectivity index (χ1v) is 9.65. The predicted octanol–water partition coefficient (Wildman–Crippen LogP) is 3.05. The fourth-order valence-electron chi connectivity index (χ4n) is 2.62. The highest BCUT2D eigenvalue weighted by Crippen LogP contribution is 2.21. The minimum absolute atomic E-state index is 0.0315. The van der Waals surface area contributed by atoms with E-state index in [9.17, 15) is 4.79 Å². The van der Waals surface area contributed by atoms with E-state index in [2.05, 4.69) is 15.5 Å². The Kier molecular flexibility index (Phi) is 6.13. The van der Waals surface area contributed by atoms with E-state index in [0.29, 0.717) is 17.5 Å². The number of thioether (sulfide) groups is 1. The number of benzene rings is 2. The van der Waals surface area contributed by atoms with Gasteiger partial charge in [-0.2, -0.15) is 0 Å². The third kappa shape index (κ3) is 4.89. The van der Waals surface area contributed by atoms with Crippen molar-refractivity contribution in [1.29, 1.82) is 0 Å². The number of hydrogen-bond acceptors (Lipinski definition) is 5. The summed E-state index contributed by atoms with van der Waals surface area (Å²) < 4.78 is 1.91. The van der Waals surface area contributed by atoms with Crippen molar-refractivity contribution in [2.75, 3.05) is 24.7 Å². The van der Waals surface area contributed by atoms with Crippen LogP contribution in [0.15, 0.2) is 60.0 Å². The zero-order valence-electron chi connectivity index (χ0n) is 15.7. The molecule has 0 bridgehead atoms. The third-order valence-electron chi connectivity index (χ3n) is 4.17. The van der Waals surface area contributed by atoms with Gasteiger partial charge in [0.2, 0.25) is 5.91 Å². The van der Waals surface area contributed by atoms with Crippen molar-refractivity contribution in [3.63, 3.8) is 0 Å². The molecule has 0 spiro atoms. The lowest BCUT2D eigenvalue weighted by Crippen LogP contribution is -2.24. The molecule has 0 fully saturated rings. The van der Waals surface area contributed by atoms with Crippen molar-refractivity contribution >= 4 is 23.4 Å². The van der Waals surface area contributed by atoms with Gasteiger partial charge in [0.1, 0.15) is 6.33 Å². The number of nitrogens with zero attached hydrogens (tertiary/aromatic N) is 4. The molecular weight excluding hydrogens is 358 g/mol. The van der Waals surface area contributed by atoms with Crippen LogP contribution in [0.4, 0.5) is 5.69 Å². The average Bonchev–Trinajstić information content (AvgIpc) is 3.13. The van der Waals surface area contributed by atoms with Gasteiger partial charge in [0, 0.05) is 26.3 Å². The standard InChI is InChI=1S/C20H23N5OS/c1-15-6-4-5-7-18(15)25-14-22-23-20(25)27-13-19(26)21-12-16-8-10-17(11-9-16)24(2)3/h4-11,14H,12-13H2,1-3H3,(H,21,26). The molecule has 3 rings (SSSR count). The Bertz CT molecular complexity index is 905. The molecule has 0 radical (unpaired) electrons. The summed E-state index contributed by atoms with van der Waals surface area (Å²) in [6, 6.07) is 16.2. The van der Waals surface area contributed by atoms with E-state index in [-0.39, 0.29) is 5.91 Å². The highest BCUT2D eigenvalue weighted by Gasteiger charge is 2.11. The summed E-state index contributed by atoms with van der Waals surface area (Å²) >= 11 is 1.38. The minimum Gasteiger partial charge on any atom is -0.378 e. The van der Waals surface area contributed by atoms with Crippen LogP contribution in [-0.2, 0) is 11.3 Å². The summed E-state index contributed by atoms with van der Waals surface area (Å²) in [5.74, 6) is 0.261. The number of carbonyl (C=O) groups excluding carboxylic acids is 1. The summed E-state index contributed by atoms with van der Waals surface area (Å²) in [7, 11) is 4.01. The molecule has 1 heterocycles. The topological polar surface area (TPSA) is 63.1 Å². The zero-order valence-corrected chi connectivity index (χ0v) is 16.5. The fourth-order valence-corrected chi connectivity index (χ4v) is 3.37. The lowest BCUT2D eigenvalue weighted by molar-refractivity contribution is -0.118. The average molecular weight is 382 g/mol. The molecule has 0 unspecified atom stereocenters. The van der Waals surface area contributed by atoms with Crippen molar-refractivity contribution in [1.82, 2.24) is 20.1 Å². The van der Waals surface area contributed by atoms with Crippen LogP contribution in [0.3, 0.4) is 0 Å². The van der Waals surface area contributed by atoms with E-state index in [4.69, 9.17) is 0 Å². The van der Waals surface area contributed by atoms with Crippen LogP contribution in [0.2, 0.25) is 0 Å². The van der Waals surface area contributed by atoms with Crippen LogP contribution in [0, 0.1) is 6.92 Å². The molecule has 0 saturated carbocycles. The fraction of sp³-hybridized carbons (Fsp3) is 0.250. The third-order valence-corrected chi connectivity index (χ3v) is 5.11. The first-order valence-electron chi connectivity index (χ1n) is 8.66. The van der Waals surface area contributed by atoms with Crippen LogP contribution in [0.5, 0.6) is 0 Å². The number of nitrogens with one attached hydrogen (secondary N) is 1. The van der Waals surface area contributed by atoms with Gasteiger partial charge in [-0.25, -0.2) is 0 Å². The molecule has 2 aromatic carbocycles. The van der Waals surface area contributed by atoms with E-state index in [1.807, 2.05) is 79.0 Å². The summed E-state index contributed by atoms with van der Waals surface area (Å²) in [5.41, 5.74) is 4.36. The molecule has 3 aromatic rings. The van der Waals surface area contributed by atoms with Crippen molar-refractivity contribution in [3.8, 4) is 5.69 Å². The number of carbonyl (C=O) groups is 1. The Morgan fingerprint density at radius 3 is 2.59 bits per heavy atom. The van der Waals surface area contributed by atoms with Gasteiger partial charge in [-0.1, -0.05) is 42.1 Å². The molecule has 6 nitrogen and oxygen atoms in total. The number of hydrogen-bond donors (Lipinski definition) is 1. The Hall–Kier alpha value is -2.80. The molecule has 1 amide bonds. The molecule has 0 atom stereocenters. The van der Waals surface area contributed by atoms with Crippen LogP contribution in [0.25, 0.3) is 5.69 Å². The van der Waals surface area contributed by atoms with Gasteiger partial charge in [0.05, 0.1) is 11.4 Å². The molecule has 27 heavy (non-hydrogen) atoms. The Morgan fingerprint density at radius 1 is 1.15 bits per heavy atom. The highest BCUT2D eigenvalue weighted by molar-refractivity contribution is 7.99. The van der Waals surface area contributed by atoms with Gasteiger partial charge >= 0.3 is 0 Å². The van der Waals surface area contributed by atoms with E-state index < -0.39 is 0 Å². The van der Waals surface area contributed by atoms with E-state index in [1.54, 1.807) is 6.33 Å². The second-order valence-corrected chi connectivity index (χ2v) is 7.34. The maximum atomic E-state index is 12.2. The van der Waals surface area contributed by atoms with Crippen LogP contribution < -0.4 is 10.2 Å². The summed E-state index contributed by atoms with van der Waals surface area (Å²) in [4.78, 5) is 14.2. The van der Waals surface area contributed by atoms with E-state index in [1.165, 1.54) is 11.8 Å². The molecule has 0 aliphatic carbocycles. The van der Waals surface area contributed by atoms with E-state index in [0.717, 1.165) is 22.5 Å². The molecule has 7 heteroatoms. The van der Waals surface area contributed by atoms with Gasteiger partial charge in [-0.05, 0) is 36.2 Å². The molecule has 140 valence electrons. The smallest absolute Gasteiger partial charge is 0.230 e. The maximum absolute atomic E-state index is 12.2. The first-order chi connectivity index (χ1) is 13.0. The van der Waals surface area contributed by atoms with Crippen molar-refractivity contribution in [2.24, 2.45) is 0 Å². The van der Waals surface area contributed by atoms with Crippen molar-refractivity contribution < 1.29 is 4.79 Å². The molecule has 1 aromatic heterocycles. The van der Waals surface area contributed by atoms with E-state index >= 15 is 0 Å². The number of para-hydroxylation sites is 1. The van der Waals surface area contributed by atoms with Crippen LogP contribution in [0.1, 0.15) is 11.1 Å². The second kappa shape index (κ2) is 8.73. The number of amides is 1. The van der Waals surface area contributed by atoms with Gasteiger partial charge < -0.3 is 10.2 Å². The maximum Gasteiger partial charge on any atom is 0.230 e.